The van der Waals surface area contributed by atoms with Gasteiger partial charge in [-0.2, -0.15) is 0 Å². The van der Waals surface area contributed by atoms with Gasteiger partial charge in [0.05, 0.1) is 10.0 Å². The Kier molecular flexibility index (Phi) is 4.29. The second-order valence-electron chi connectivity index (χ2n) is 5.46. The Labute approximate surface area is 118 Å². The first-order chi connectivity index (χ1) is 8.47. The van der Waals surface area contributed by atoms with Gasteiger partial charge in [0, 0.05) is 12.1 Å². The van der Waals surface area contributed by atoms with Crippen molar-refractivity contribution in [2.24, 2.45) is 17.8 Å². The predicted octanol–water partition coefficient (Wildman–Crippen LogP) is 4.64. The highest BCUT2D eigenvalue weighted by atomic mass is 35.5. The van der Waals surface area contributed by atoms with Gasteiger partial charge in [-0.15, -0.1) is 0 Å². The minimum Gasteiger partial charge on any atom is -0.292 e. The number of aromatic nitrogens is 1. The van der Waals surface area contributed by atoms with Crippen molar-refractivity contribution in [2.45, 2.75) is 33.1 Å². The lowest BCUT2D eigenvalue weighted by Crippen LogP contribution is -2.26. The minimum absolute atomic E-state index is 0.0509. The van der Waals surface area contributed by atoms with Crippen LogP contribution in [0.4, 0.5) is 0 Å². The van der Waals surface area contributed by atoms with E-state index in [2.05, 4.69) is 18.8 Å². The molecule has 2 unspecified atom stereocenters. The molecule has 0 N–H and O–H groups in total. The Balaban J connectivity index is 2.20. The number of nitrogens with zero attached hydrogens (tertiary/aromatic N) is 1. The standard InChI is InChI=1S/C14H17Cl2NO/c1-8-3-9(2)5-10(4-8)14(18)13-12(16)6-11(15)7-17-13/h6-10H,3-5H2,1-2H3. The van der Waals surface area contributed by atoms with E-state index in [-0.39, 0.29) is 11.7 Å². The number of hydrogen-bond acceptors (Lipinski definition) is 2. The molecule has 0 bridgehead atoms. The Bertz CT molecular complexity index is 451. The van der Waals surface area contributed by atoms with Crippen LogP contribution in [0.5, 0.6) is 0 Å². The lowest BCUT2D eigenvalue weighted by Gasteiger charge is -2.30. The number of pyridine rings is 1. The van der Waals surface area contributed by atoms with Crippen molar-refractivity contribution in [2.75, 3.05) is 0 Å². The van der Waals surface area contributed by atoms with E-state index in [1.165, 1.54) is 12.6 Å². The molecule has 1 aromatic rings. The fraction of sp³-hybridized carbons (Fsp3) is 0.571. The van der Waals surface area contributed by atoms with E-state index in [1.54, 1.807) is 6.07 Å². The van der Waals surface area contributed by atoms with Crippen LogP contribution in [-0.4, -0.2) is 10.8 Å². The molecule has 0 aliphatic heterocycles. The molecule has 0 aromatic carbocycles. The van der Waals surface area contributed by atoms with Gasteiger partial charge in [-0.25, -0.2) is 4.98 Å². The highest BCUT2D eigenvalue weighted by Crippen LogP contribution is 2.35. The average molecular weight is 286 g/mol. The normalized spacial score (nSPS) is 28.1. The first kappa shape index (κ1) is 13.8. The largest absolute Gasteiger partial charge is 0.292 e. The molecule has 0 spiro atoms. The van der Waals surface area contributed by atoms with Crippen molar-refractivity contribution in [1.82, 2.24) is 4.98 Å². The van der Waals surface area contributed by atoms with Crippen LogP contribution in [0.3, 0.4) is 0 Å². The quantitative estimate of drug-likeness (QED) is 0.741. The molecule has 0 radical (unpaired) electrons. The lowest BCUT2D eigenvalue weighted by atomic mass is 9.74. The lowest BCUT2D eigenvalue weighted by molar-refractivity contribution is 0.0831. The second kappa shape index (κ2) is 5.58. The molecular weight excluding hydrogens is 269 g/mol. The van der Waals surface area contributed by atoms with Crippen LogP contribution in [0.25, 0.3) is 0 Å². The number of Topliss-reactive ketones (excluding diaryl/α,β-unsaturated/α-hetero) is 1. The fourth-order valence-corrected chi connectivity index (χ4v) is 3.42. The zero-order chi connectivity index (χ0) is 13.3. The van der Waals surface area contributed by atoms with Gasteiger partial charge in [0.2, 0.25) is 0 Å². The summed E-state index contributed by atoms with van der Waals surface area (Å²) in [6.45, 7) is 4.40. The van der Waals surface area contributed by atoms with E-state index in [9.17, 15) is 4.79 Å². The second-order valence-corrected chi connectivity index (χ2v) is 6.31. The molecule has 1 aliphatic rings. The Hall–Kier alpha value is -0.600. The van der Waals surface area contributed by atoms with Crippen LogP contribution in [0.2, 0.25) is 10.0 Å². The summed E-state index contributed by atoms with van der Waals surface area (Å²) in [6, 6.07) is 1.58. The van der Waals surface area contributed by atoms with Crippen molar-refractivity contribution in [3.05, 3.63) is 28.0 Å². The van der Waals surface area contributed by atoms with Crippen LogP contribution in [0.1, 0.15) is 43.6 Å². The summed E-state index contributed by atoms with van der Waals surface area (Å²) in [5.41, 5.74) is 0.368. The van der Waals surface area contributed by atoms with Crippen LogP contribution >= 0.6 is 23.2 Å². The SMILES string of the molecule is CC1CC(C)CC(C(=O)c2ncc(Cl)cc2Cl)C1. The zero-order valence-electron chi connectivity index (χ0n) is 10.6. The molecule has 4 heteroatoms. The molecule has 0 amide bonds. The Morgan fingerprint density at radius 1 is 1.22 bits per heavy atom. The van der Waals surface area contributed by atoms with Gasteiger partial charge >= 0.3 is 0 Å². The maximum atomic E-state index is 12.4. The molecule has 2 rings (SSSR count). The maximum Gasteiger partial charge on any atom is 0.185 e. The molecule has 1 aromatic heterocycles. The van der Waals surface area contributed by atoms with Crippen molar-refractivity contribution in [3.8, 4) is 0 Å². The molecule has 1 fully saturated rings. The molecule has 2 nitrogen and oxygen atoms in total. The van der Waals surface area contributed by atoms with Gasteiger partial charge in [0.25, 0.3) is 0 Å². The van der Waals surface area contributed by atoms with Crippen LogP contribution < -0.4 is 0 Å². The topological polar surface area (TPSA) is 30.0 Å². The van der Waals surface area contributed by atoms with Crippen LogP contribution in [0, 0.1) is 17.8 Å². The van der Waals surface area contributed by atoms with Gasteiger partial charge in [-0.3, -0.25) is 4.79 Å². The smallest absolute Gasteiger partial charge is 0.185 e. The number of hydrogen-bond donors (Lipinski definition) is 0. The summed E-state index contributed by atoms with van der Waals surface area (Å²) in [5, 5.41) is 0.820. The van der Waals surface area contributed by atoms with Crippen molar-refractivity contribution in [3.63, 3.8) is 0 Å². The summed E-state index contributed by atoms with van der Waals surface area (Å²) < 4.78 is 0. The van der Waals surface area contributed by atoms with Crippen molar-refractivity contribution < 1.29 is 4.79 Å². The van der Waals surface area contributed by atoms with E-state index in [4.69, 9.17) is 23.2 Å². The van der Waals surface area contributed by atoms with E-state index < -0.39 is 0 Å². The third-order valence-electron chi connectivity index (χ3n) is 3.59. The summed E-state index contributed by atoms with van der Waals surface area (Å²) in [5.74, 6) is 1.30. The Morgan fingerprint density at radius 3 is 2.39 bits per heavy atom. The summed E-state index contributed by atoms with van der Waals surface area (Å²) in [4.78, 5) is 16.5. The maximum absolute atomic E-state index is 12.4. The number of ketones is 1. The molecule has 18 heavy (non-hydrogen) atoms. The van der Waals surface area contributed by atoms with E-state index >= 15 is 0 Å². The number of carbonyl (C=O) groups excluding carboxylic acids is 1. The monoisotopic (exact) mass is 285 g/mol. The molecular formula is C14H17Cl2NO. The van der Waals surface area contributed by atoms with Crippen molar-refractivity contribution >= 4 is 29.0 Å². The molecule has 1 aliphatic carbocycles. The molecule has 98 valence electrons. The predicted molar refractivity (Wildman–Crippen MR) is 74.3 cm³/mol. The third kappa shape index (κ3) is 3.04. The average Bonchev–Trinajstić information content (AvgIpc) is 2.26. The first-order valence-electron chi connectivity index (χ1n) is 6.32. The van der Waals surface area contributed by atoms with Crippen molar-refractivity contribution in [1.29, 1.82) is 0 Å². The summed E-state index contributed by atoms with van der Waals surface area (Å²) in [7, 11) is 0. The third-order valence-corrected chi connectivity index (χ3v) is 4.09. The summed E-state index contributed by atoms with van der Waals surface area (Å²) >= 11 is 11.8. The first-order valence-corrected chi connectivity index (χ1v) is 7.08. The molecule has 1 saturated carbocycles. The number of rotatable bonds is 2. The van der Waals surface area contributed by atoms with Gasteiger partial charge in [0.15, 0.2) is 5.78 Å². The van der Waals surface area contributed by atoms with Gasteiger partial charge in [-0.05, 0) is 37.2 Å². The van der Waals surface area contributed by atoms with Gasteiger partial charge in [-0.1, -0.05) is 37.0 Å². The van der Waals surface area contributed by atoms with Crippen LogP contribution in [-0.2, 0) is 0 Å². The Morgan fingerprint density at radius 2 is 1.83 bits per heavy atom. The van der Waals surface area contributed by atoms with E-state index in [0.717, 1.165) is 12.8 Å². The van der Waals surface area contributed by atoms with E-state index in [1.807, 2.05) is 0 Å². The molecule has 0 saturated heterocycles. The molecule has 2 atom stereocenters. The molecule has 1 heterocycles. The van der Waals surface area contributed by atoms with Crippen LogP contribution in [0.15, 0.2) is 12.3 Å². The number of carbonyl (C=O) groups is 1. The highest BCUT2D eigenvalue weighted by Gasteiger charge is 2.31. The zero-order valence-corrected chi connectivity index (χ0v) is 12.1. The van der Waals surface area contributed by atoms with Gasteiger partial charge in [0.1, 0.15) is 5.69 Å². The fourth-order valence-electron chi connectivity index (χ4n) is 2.95. The van der Waals surface area contributed by atoms with Gasteiger partial charge < -0.3 is 0 Å². The number of halogens is 2. The highest BCUT2D eigenvalue weighted by molar-refractivity contribution is 6.36. The van der Waals surface area contributed by atoms with E-state index in [0.29, 0.717) is 27.6 Å². The minimum atomic E-state index is 0.0509. The summed E-state index contributed by atoms with van der Waals surface area (Å²) in [6.07, 6.45) is 4.55.